The molecule has 2 aromatic heterocycles. The van der Waals surface area contributed by atoms with Crippen molar-refractivity contribution in [2.24, 2.45) is 0 Å². The van der Waals surface area contributed by atoms with Gasteiger partial charge in [-0.3, -0.25) is 0 Å². The molecule has 0 bridgehead atoms. The molecule has 0 radical (unpaired) electrons. The Morgan fingerprint density at radius 1 is 0.451 bits per heavy atom. The number of furan rings is 1. The molecule has 1 spiro atoms. The van der Waals surface area contributed by atoms with Crippen LogP contribution in [-0.4, -0.2) is 4.57 Å². The lowest BCUT2D eigenvalue weighted by molar-refractivity contribution is 0.544. The van der Waals surface area contributed by atoms with E-state index in [1.807, 2.05) is 0 Å². The highest BCUT2D eigenvalue weighted by Gasteiger charge is 2.60. The molecule has 3 nitrogen and oxygen atoms in total. The van der Waals surface area contributed by atoms with E-state index in [0.717, 1.165) is 62.2 Å². The van der Waals surface area contributed by atoms with E-state index in [-0.39, 0.29) is 5.41 Å². The lowest BCUT2D eigenvalue weighted by Gasteiger charge is -2.37. The van der Waals surface area contributed by atoms with Crippen LogP contribution in [-0.2, 0) is 10.8 Å². The van der Waals surface area contributed by atoms with Crippen molar-refractivity contribution in [2.75, 3.05) is 4.90 Å². The quantitative estimate of drug-likeness (QED) is 0.166. The number of allylic oxidation sites excluding steroid dienone is 4. The minimum absolute atomic E-state index is 0.315. The van der Waals surface area contributed by atoms with Gasteiger partial charge in [0.2, 0.25) is 0 Å². The summed E-state index contributed by atoms with van der Waals surface area (Å²) < 4.78 is 9.80. The summed E-state index contributed by atoms with van der Waals surface area (Å²) >= 11 is 0. The maximum absolute atomic E-state index is 7.43. The van der Waals surface area contributed by atoms with Crippen molar-refractivity contribution in [2.45, 2.75) is 24.2 Å². The van der Waals surface area contributed by atoms with Crippen LogP contribution in [0, 0.1) is 0 Å². The predicted molar refractivity (Wildman–Crippen MR) is 295 cm³/mol. The van der Waals surface area contributed by atoms with Crippen molar-refractivity contribution in [3.05, 3.63) is 277 Å². The molecule has 3 aliphatic rings. The average molecular weight is 907 g/mol. The molecule has 71 heavy (non-hydrogen) atoms. The molecule has 3 heteroatoms. The number of aromatic nitrogens is 1. The summed E-state index contributed by atoms with van der Waals surface area (Å²) in [6, 6.07) is 84.7. The Bertz CT molecular complexity index is 4160. The molecule has 1 unspecified atom stereocenters. The van der Waals surface area contributed by atoms with Gasteiger partial charge < -0.3 is 13.9 Å². The van der Waals surface area contributed by atoms with Gasteiger partial charge in [0.05, 0.1) is 27.8 Å². The Morgan fingerprint density at radius 3 is 1.82 bits per heavy atom. The van der Waals surface area contributed by atoms with E-state index in [0.29, 0.717) is 0 Å². The SMILES string of the molecule is CC12CC=CC=C1C1(c3ccccc3-c3ccccc31)c1cccc(N(c3ccc(-c4ccccc4)cc3)c3cccc4c3oc3c(-c5ccc6c(c5)c5ccccc5n6-c5ccccc5)cccc34)c12. The minimum atomic E-state index is -0.449. The highest BCUT2D eigenvalue weighted by Crippen LogP contribution is 2.69. The molecule has 2 heterocycles. The molecular formula is C68H46N2O. The molecular weight excluding hydrogens is 861 g/mol. The molecule has 0 saturated carbocycles. The van der Waals surface area contributed by atoms with Crippen LogP contribution in [0.25, 0.3) is 82.8 Å². The molecule has 15 rings (SSSR count). The Morgan fingerprint density at radius 2 is 1.03 bits per heavy atom. The van der Waals surface area contributed by atoms with E-state index in [9.17, 15) is 0 Å². The maximum atomic E-state index is 7.43. The largest absolute Gasteiger partial charge is 0.453 e. The zero-order valence-electron chi connectivity index (χ0n) is 39.2. The van der Waals surface area contributed by atoms with Crippen LogP contribution < -0.4 is 4.90 Å². The van der Waals surface area contributed by atoms with Gasteiger partial charge in [0.1, 0.15) is 5.58 Å². The average Bonchev–Trinajstić information content (AvgIpc) is 4.16. The molecule has 0 saturated heterocycles. The molecule has 0 N–H and O–H groups in total. The molecule has 12 aromatic rings. The second-order valence-corrected chi connectivity index (χ2v) is 19.7. The highest BCUT2D eigenvalue weighted by molar-refractivity contribution is 6.15. The summed E-state index contributed by atoms with van der Waals surface area (Å²) in [7, 11) is 0. The van der Waals surface area contributed by atoms with Gasteiger partial charge in [-0.1, -0.05) is 201 Å². The van der Waals surface area contributed by atoms with Crippen molar-refractivity contribution < 1.29 is 4.42 Å². The van der Waals surface area contributed by atoms with Crippen molar-refractivity contribution in [1.29, 1.82) is 0 Å². The van der Waals surface area contributed by atoms with Crippen LogP contribution >= 0.6 is 0 Å². The zero-order valence-corrected chi connectivity index (χ0v) is 39.2. The summed E-state index contributed by atoms with van der Waals surface area (Å²) in [6.45, 7) is 2.49. The normalized spacial score (nSPS) is 16.1. The number of hydrogen-bond acceptors (Lipinski definition) is 2. The number of benzene rings is 10. The third-order valence-electron chi connectivity index (χ3n) is 16.1. The number of nitrogens with zero attached hydrogens (tertiary/aromatic N) is 2. The Kier molecular flexibility index (Phi) is 8.48. The monoisotopic (exact) mass is 906 g/mol. The van der Waals surface area contributed by atoms with Gasteiger partial charge in [0.15, 0.2) is 5.58 Å². The molecule has 0 aliphatic heterocycles. The van der Waals surface area contributed by atoms with Gasteiger partial charge in [-0.05, 0) is 117 Å². The first-order valence-electron chi connectivity index (χ1n) is 24.8. The Labute approximate surface area is 412 Å². The van der Waals surface area contributed by atoms with E-state index in [4.69, 9.17) is 4.42 Å². The van der Waals surface area contributed by atoms with Gasteiger partial charge in [-0.15, -0.1) is 0 Å². The number of hydrogen-bond donors (Lipinski definition) is 0. The summed E-state index contributed by atoms with van der Waals surface area (Å²) in [5.74, 6) is 0. The number of fused-ring (bicyclic) bond motifs is 16. The van der Waals surface area contributed by atoms with E-state index in [1.54, 1.807) is 0 Å². The molecule has 3 aliphatic carbocycles. The smallest absolute Gasteiger partial charge is 0.159 e. The fourth-order valence-corrected chi connectivity index (χ4v) is 13.2. The first-order valence-corrected chi connectivity index (χ1v) is 24.8. The number of rotatable bonds is 6. The topological polar surface area (TPSA) is 21.3 Å². The van der Waals surface area contributed by atoms with Crippen LogP contribution in [0.3, 0.4) is 0 Å². The highest BCUT2D eigenvalue weighted by atomic mass is 16.3. The van der Waals surface area contributed by atoms with Gasteiger partial charge in [0, 0.05) is 43.9 Å². The summed E-state index contributed by atoms with van der Waals surface area (Å²) in [6.07, 6.45) is 7.98. The van der Waals surface area contributed by atoms with Gasteiger partial charge in [-0.2, -0.15) is 0 Å². The van der Waals surface area contributed by atoms with Crippen LogP contribution in [0.1, 0.15) is 35.6 Å². The van der Waals surface area contributed by atoms with Crippen LogP contribution in [0.15, 0.2) is 259 Å². The molecule has 1 atom stereocenters. The predicted octanol–water partition coefficient (Wildman–Crippen LogP) is 18.0. The third kappa shape index (κ3) is 5.49. The molecule has 10 aromatic carbocycles. The van der Waals surface area contributed by atoms with Crippen LogP contribution in [0.4, 0.5) is 17.1 Å². The Hall–Kier alpha value is -8.92. The van der Waals surface area contributed by atoms with E-state index in [1.165, 1.54) is 71.9 Å². The van der Waals surface area contributed by atoms with Crippen molar-refractivity contribution in [3.8, 4) is 39.1 Å². The van der Waals surface area contributed by atoms with Gasteiger partial charge in [-0.25, -0.2) is 0 Å². The minimum Gasteiger partial charge on any atom is -0.453 e. The van der Waals surface area contributed by atoms with Crippen molar-refractivity contribution in [3.63, 3.8) is 0 Å². The second kappa shape index (κ2) is 15.0. The van der Waals surface area contributed by atoms with Crippen LogP contribution in [0.5, 0.6) is 0 Å². The van der Waals surface area contributed by atoms with E-state index in [2.05, 4.69) is 265 Å². The Balaban J connectivity index is 0.972. The summed E-state index contributed by atoms with van der Waals surface area (Å²) in [5.41, 5.74) is 21.8. The van der Waals surface area contributed by atoms with Gasteiger partial charge in [0.25, 0.3) is 0 Å². The van der Waals surface area contributed by atoms with Crippen molar-refractivity contribution in [1.82, 2.24) is 4.57 Å². The van der Waals surface area contributed by atoms with Crippen molar-refractivity contribution >= 4 is 60.8 Å². The van der Waals surface area contributed by atoms with E-state index >= 15 is 0 Å². The lowest BCUT2D eigenvalue weighted by atomic mass is 9.65. The van der Waals surface area contributed by atoms with Crippen LogP contribution in [0.2, 0.25) is 0 Å². The van der Waals surface area contributed by atoms with E-state index < -0.39 is 5.41 Å². The lowest BCUT2D eigenvalue weighted by Crippen LogP contribution is -2.32. The standard InChI is InChI=1S/C68H46N2O/c1-67-42-15-14-35-63(67)68(56-29-11-8-23-50(56)51-24-9-12-30-57(51)68)58-31-18-33-61(64(58)67)70(48-39-36-45(37-40-48)44-19-4-2-5-20-44)62-34-17-28-54-53-27-16-26-49(65(53)71-66(54)62)46-38-41-60-55(43-46)52-25-10-13-32-59(52)69(60)47-21-6-3-7-22-47/h2-41,43H,42H2,1H3. The first kappa shape index (κ1) is 40.0. The van der Waals surface area contributed by atoms with Gasteiger partial charge >= 0.3 is 0 Å². The second-order valence-electron chi connectivity index (χ2n) is 19.7. The fraction of sp³-hybridized carbons (Fsp3) is 0.0588. The summed E-state index contributed by atoms with van der Waals surface area (Å²) in [5, 5.41) is 4.62. The zero-order chi connectivity index (χ0) is 46.8. The number of para-hydroxylation sites is 4. The molecule has 0 fully saturated rings. The first-order chi connectivity index (χ1) is 35.1. The third-order valence-corrected chi connectivity index (χ3v) is 16.1. The molecule has 334 valence electrons. The fourth-order valence-electron chi connectivity index (χ4n) is 13.2. The molecule has 0 amide bonds. The maximum Gasteiger partial charge on any atom is 0.159 e. The summed E-state index contributed by atoms with van der Waals surface area (Å²) in [4.78, 5) is 2.50. The number of anilines is 3.